The summed E-state index contributed by atoms with van der Waals surface area (Å²) in [5.41, 5.74) is 2.87. The van der Waals surface area contributed by atoms with Gasteiger partial charge in [0, 0.05) is 37.9 Å². The summed E-state index contributed by atoms with van der Waals surface area (Å²) in [4.78, 5) is 6.82. The Morgan fingerprint density at radius 1 is 1.41 bits per heavy atom. The number of benzene rings is 1. The third kappa shape index (κ3) is 3.86. The Bertz CT molecular complexity index is 531. The zero-order chi connectivity index (χ0) is 14.8. The number of nitrogens with one attached hydrogen (secondary N) is 2. The third-order valence-electron chi connectivity index (χ3n) is 4.68. The lowest BCUT2D eigenvalue weighted by Crippen LogP contribution is -2.46. The minimum Gasteiger partial charge on any atom is -0.366 e. The number of halogens is 1. The molecular weight excluding hydrogens is 387 g/mol. The van der Waals surface area contributed by atoms with Crippen LogP contribution in [-0.2, 0) is 6.42 Å². The molecule has 5 heteroatoms. The zero-order valence-corrected chi connectivity index (χ0v) is 16.0. The predicted molar refractivity (Wildman–Crippen MR) is 104 cm³/mol. The number of nitrogens with zero attached hydrogens (tertiary/aromatic N) is 2. The standard InChI is InChI=1S/C17H26N4.HI/c1-12-10-15(12)20-17(18-3)19-11-13(2)21-9-8-14-6-4-5-7-16(14)21;/h4-7,12-13,15H,8-11H2,1-3H3,(H2,18,19,20);1H. The largest absolute Gasteiger partial charge is 0.366 e. The number of para-hydroxylation sites is 1. The third-order valence-corrected chi connectivity index (χ3v) is 4.68. The predicted octanol–water partition coefficient (Wildman–Crippen LogP) is 2.63. The van der Waals surface area contributed by atoms with Crippen molar-refractivity contribution in [1.29, 1.82) is 0 Å². The lowest BCUT2D eigenvalue weighted by Gasteiger charge is -2.28. The average molecular weight is 414 g/mol. The number of hydrogen-bond acceptors (Lipinski definition) is 2. The van der Waals surface area contributed by atoms with E-state index in [1.165, 1.54) is 17.7 Å². The summed E-state index contributed by atoms with van der Waals surface area (Å²) in [6, 6.07) is 9.81. The number of anilines is 1. The molecule has 0 radical (unpaired) electrons. The van der Waals surface area contributed by atoms with Gasteiger partial charge in [0.1, 0.15) is 0 Å². The van der Waals surface area contributed by atoms with Crippen molar-refractivity contribution in [3.05, 3.63) is 29.8 Å². The van der Waals surface area contributed by atoms with Gasteiger partial charge in [-0.05, 0) is 37.3 Å². The summed E-state index contributed by atoms with van der Waals surface area (Å²) in [6.07, 6.45) is 2.42. The summed E-state index contributed by atoms with van der Waals surface area (Å²) >= 11 is 0. The quantitative estimate of drug-likeness (QED) is 0.452. The minimum absolute atomic E-state index is 0. The highest BCUT2D eigenvalue weighted by Gasteiger charge is 2.33. The molecule has 2 aliphatic rings. The Morgan fingerprint density at radius 3 is 2.82 bits per heavy atom. The van der Waals surface area contributed by atoms with E-state index in [0.717, 1.165) is 31.4 Å². The molecule has 1 heterocycles. The molecule has 3 atom stereocenters. The average Bonchev–Trinajstić information content (AvgIpc) is 3.02. The fourth-order valence-corrected chi connectivity index (χ4v) is 3.07. The smallest absolute Gasteiger partial charge is 0.191 e. The van der Waals surface area contributed by atoms with E-state index in [9.17, 15) is 0 Å². The van der Waals surface area contributed by atoms with Crippen LogP contribution < -0.4 is 15.5 Å². The van der Waals surface area contributed by atoms with Gasteiger partial charge < -0.3 is 15.5 Å². The van der Waals surface area contributed by atoms with E-state index in [1.807, 2.05) is 7.05 Å². The molecule has 1 fully saturated rings. The second-order valence-electron chi connectivity index (χ2n) is 6.34. The van der Waals surface area contributed by atoms with Gasteiger partial charge in [-0.1, -0.05) is 25.1 Å². The first-order valence-corrected chi connectivity index (χ1v) is 8.00. The number of hydrogen-bond donors (Lipinski definition) is 2. The van der Waals surface area contributed by atoms with Crippen LogP contribution >= 0.6 is 24.0 Å². The fraction of sp³-hybridized carbons (Fsp3) is 0.588. The SMILES string of the molecule is CN=C(NCC(C)N1CCc2ccccc21)NC1CC1C.I. The zero-order valence-electron chi connectivity index (χ0n) is 13.7. The number of fused-ring (bicyclic) bond motifs is 1. The van der Waals surface area contributed by atoms with Crippen molar-refractivity contribution in [3.8, 4) is 0 Å². The first-order chi connectivity index (χ1) is 10.2. The normalized spacial score (nSPS) is 24.3. The van der Waals surface area contributed by atoms with Crippen molar-refractivity contribution >= 4 is 35.6 Å². The Balaban J connectivity index is 0.00000176. The lowest BCUT2D eigenvalue weighted by molar-refractivity contribution is 0.623. The highest BCUT2D eigenvalue weighted by Crippen LogP contribution is 2.29. The fourth-order valence-electron chi connectivity index (χ4n) is 3.07. The maximum absolute atomic E-state index is 4.32. The molecule has 0 aromatic heterocycles. The molecule has 122 valence electrons. The highest BCUT2D eigenvalue weighted by molar-refractivity contribution is 14.0. The molecule has 1 aromatic rings. The van der Waals surface area contributed by atoms with E-state index in [-0.39, 0.29) is 24.0 Å². The monoisotopic (exact) mass is 414 g/mol. The summed E-state index contributed by atoms with van der Waals surface area (Å²) < 4.78 is 0. The molecule has 1 aromatic carbocycles. The summed E-state index contributed by atoms with van der Waals surface area (Å²) in [7, 11) is 1.85. The van der Waals surface area contributed by atoms with Crippen molar-refractivity contribution < 1.29 is 0 Å². The van der Waals surface area contributed by atoms with Crippen molar-refractivity contribution in [2.75, 3.05) is 25.0 Å². The van der Waals surface area contributed by atoms with Crippen LogP contribution in [-0.4, -0.2) is 38.2 Å². The molecule has 4 nitrogen and oxygen atoms in total. The molecular formula is C17H27IN4. The van der Waals surface area contributed by atoms with E-state index < -0.39 is 0 Å². The van der Waals surface area contributed by atoms with E-state index in [0.29, 0.717) is 12.1 Å². The summed E-state index contributed by atoms with van der Waals surface area (Å²) in [5, 5.41) is 6.94. The van der Waals surface area contributed by atoms with Crippen molar-refractivity contribution in [2.24, 2.45) is 10.9 Å². The molecule has 0 spiro atoms. The molecule has 3 rings (SSSR count). The van der Waals surface area contributed by atoms with Crippen LogP contribution in [0.4, 0.5) is 5.69 Å². The molecule has 0 amide bonds. The maximum atomic E-state index is 4.32. The van der Waals surface area contributed by atoms with Crippen LogP contribution in [0.15, 0.2) is 29.3 Å². The van der Waals surface area contributed by atoms with Crippen molar-refractivity contribution in [2.45, 2.75) is 38.8 Å². The van der Waals surface area contributed by atoms with Gasteiger partial charge >= 0.3 is 0 Å². The Hall–Kier alpha value is -0.980. The van der Waals surface area contributed by atoms with Gasteiger partial charge in [0.2, 0.25) is 0 Å². The first-order valence-electron chi connectivity index (χ1n) is 8.00. The van der Waals surface area contributed by atoms with Crippen LogP contribution in [0.1, 0.15) is 25.8 Å². The van der Waals surface area contributed by atoms with Gasteiger partial charge in [0.25, 0.3) is 0 Å². The molecule has 1 aliphatic heterocycles. The van der Waals surface area contributed by atoms with E-state index in [4.69, 9.17) is 0 Å². The van der Waals surface area contributed by atoms with E-state index >= 15 is 0 Å². The molecule has 0 bridgehead atoms. The molecule has 22 heavy (non-hydrogen) atoms. The summed E-state index contributed by atoms with van der Waals surface area (Å²) in [6.45, 7) is 6.58. The van der Waals surface area contributed by atoms with Crippen LogP contribution in [0.2, 0.25) is 0 Å². The van der Waals surface area contributed by atoms with Gasteiger partial charge in [0.05, 0.1) is 0 Å². The van der Waals surface area contributed by atoms with Crippen LogP contribution in [0, 0.1) is 5.92 Å². The van der Waals surface area contributed by atoms with Gasteiger partial charge in [-0.25, -0.2) is 0 Å². The topological polar surface area (TPSA) is 39.7 Å². The second kappa shape index (κ2) is 7.53. The lowest BCUT2D eigenvalue weighted by atomic mass is 10.2. The Kier molecular flexibility index (Phi) is 5.94. The Labute approximate surface area is 150 Å². The highest BCUT2D eigenvalue weighted by atomic mass is 127. The summed E-state index contributed by atoms with van der Waals surface area (Å²) in [5.74, 6) is 1.72. The molecule has 1 saturated carbocycles. The van der Waals surface area contributed by atoms with Crippen molar-refractivity contribution in [3.63, 3.8) is 0 Å². The molecule has 2 N–H and O–H groups in total. The van der Waals surface area contributed by atoms with Gasteiger partial charge in [-0.2, -0.15) is 0 Å². The van der Waals surface area contributed by atoms with E-state index in [1.54, 1.807) is 0 Å². The van der Waals surface area contributed by atoms with Gasteiger partial charge in [-0.3, -0.25) is 4.99 Å². The first kappa shape index (κ1) is 17.4. The van der Waals surface area contributed by atoms with Gasteiger partial charge in [-0.15, -0.1) is 24.0 Å². The van der Waals surface area contributed by atoms with Crippen LogP contribution in [0.5, 0.6) is 0 Å². The second-order valence-corrected chi connectivity index (χ2v) is 6.34. The van der Waals surface area contributed by atoms with Crippen molar-refractivity contribution in [1.82, 2.24) is 10.6 Å². The van der Waals surface area contributed by atoms with Gasteiger partial charge in [0.15, 0.2) is 5.96 Å². The molecule has 0 saturated heterocycles. The number of rotatable bonds is 4. The van der Waals surface area contributed by atoms with Crippen LogP contribution in [0.3, 0.4) is 0 Å². The number of aliphatic imine (C=N–C) groups is 1. The van der Waals surface area contributed by atoms with E-state index in [2.05, 4.69) is 58.6 Å². The molecule has 3 unspecified atom stereocenters. The minimum atomic E-state index is 0. The Morgan fingerprint density at radius 2 is 2.14 bits per heavy atom. The number of guanidine groups is 1. The maximum Gasteiger partial charge on any atom is 0.191 e. The van der Waals surface area contributed by atoms with Crippen LogP contribution in [0.25, 0.3) is 0 Å². The molecule has 1 aliphatic carbocycles.